The van der Waals surface area contributed by atoms with Gasteiger partial charge in [0.1, 0.15) is 5.60 Å². The Labute approximate surface area is 123 Å². The lowest BCUT2D eigenvalue weighted by Gasteiger charge is -2.25. The topological polar surface area (TPSA) is 67.6 Å². The van der Waals surface area contributed by atoms with E-state index in [1.165, 1.54) is 0 Å². The molecule has 118 valence electrons. The van der Waals surface area contributed by atoms with Crippen molar-refractivity contribution in [2.45, 2.75) is 52.7 Å². The van der Waals surface area contributed by atoms with Crippen LogP contribution in [0.3, 0.4) is 0 Å². The van der Waals surface area contributed by atoms with Gasteiger partial charge < -0.3 is 20.7 Å². The smallest absolute Gasteiger partial charge is 0.410 e. The van der Waals surface area contributed by atoms with Crippen LogP contribution in [0.15, 0.2) is 0 Å². The van der Waals surface area contributed by atoms with Crippen LogP contribution in [0.4, 0.5) is 4.79 Å². The highest BCUT2D eigenvalue weighted by Gasteiger charge is 2.29. The summed E-state index contributed by atoms with van der Waals surface area (Å²) in [6, 6.07) is 0.357. The SMILES string of the molecule is CC(C)C(CN)CNC1CCN(C(=O)OC(C)(C)C)C1. The van der Waals surface area contributed by atoms with E-state index in [-0.39, 0.29) is 6.09 Å². The van der Waals surface area contributed by atoms with E-state index in [0.717, 1.165) is 26.1 Å². The Hall–Kier alpha value is -0.810. The largest absolute Gasteiger partial charge is 0.444 e. The van der Waals surface area contributed by atoms with E-state index in [2.05, 4.69) is 19.2 Å². The van der Waals surface area contributed by atoms with E-state index in [9.17, 15) is 4.79 Å². The van der Waals surface area contributed by atoms with Gasteiger partial charge in [0.25, 0.3) is 0 Å². The Kier molecular flexibility index (Phi) is 6.27. The Balaban J connectivity index is 2.34. The number of carbonyl (C=O) groups excluding carboxylic acids is 1. The number of ether oxygens (including phenoxy) is 1. The van der Waals surface area contributed by atoms with Crippen molar-refractivity contribution in [3.63, 3.8) is 0 Å². The molecule has 1 amide bonds. The average Bonchev–Trinajstić information content (AvgIpc) is 2.76. The number of nitrogens with two attached hydrogens (primary N) is 1. The molecule has 5 nitrogen and oxygen atoms in total. The summed E-state index contributed by atoms with van der Waals surface area (Å²) in [7, 11) is 0. The highest BCUT2D eigenvalue weighted by Crippen LogP contribution is 2.16. The fourth-order valence-electron chi connectivity index (χ4n) is 2.33. The Morgan fingerprint density at radius 2 is 2.10 bits per heavy atom. The summed E-state index contributed by atoms with van der Waals surface area (Å²) >= 11 is 0. The second-order valence-electron chi connectivity index (χ2n) is 7.06. The lowest BCUT2D eigenvalue weighted by molar-refractivity contribution is 0.0290. The summed E-state index contributed by atoms with van der Waals surface area (Å²) in [6.45, 7) is 13.2. The van der Waals surface area contributed by atoms with E-state index in [1.807, 2.05) is 20.8 Å². The summed E-state index contributed by atoms with van der Waals surface area (Å²) < 4.78 is 5.39. The number of rotatable bonds is 5. The molecule has 2 atom stereocenters. The van der Waals surface area contributed by atoms with Crippen LogP contribution < -0.4 is 11.1 Å². The van der Waals surface area contributed by atoms with Crippen molar-refractivity contribution in [2.24, 2.45) is 17.6 Å². The number of hydrogen-bond acceptors (Lipinski definition) is 4. The van der Waals surface area contributed by atoms with Gasteiger partial charge in [0.2, 0.25) is 0 Å². The van der Waals surface area contributed by atoms with Gasteiger partial charge in [0.05, 0.1) is 0 Å². The lowest BCUT2D eigenvalue weighted by atomic mass is 9.96. The van der Waals surface area contributed by atoms with Crippen molar-refractivity contribution in [1.29, 1.82) is 0 Å². The molecule has 0 aromatic rings. The second-order valence-corrected chi connectivity index (χ2v) is 7.06. The van der Waals surface area contributed by atoms with Gasteiger partial charge in [-0.3, -0.25) is 0 Å². The van der Waals surface area contributed by atoms with Gasteiger partial charge in [-0.15, -0.1) is 0 Å². The van der Waals surface area contributed by atoms with Gasteiger partial charge in [-0.05, 0) is 52.1 Å². The molecular weight excluding hydrogens is 254 g/mol. The number of likely N-dealkylation sites (tertiary alicyclic amines) is 1. The summed E-state index contributed by atoms with van der Waals surface area (Å²) in [5.74, 6) is 1.07. The van der Waals surface area contributed by atoms with E-state index in [1.54, 1.807) is 4.90 Å². The molecule has 2 unspecified atom stereocenters. The van der Waals surface area contributed by atoms with Crippen LogP contribution in [-0.2, 0) is 4.74 Å². The first-order chi connectivity index (χ1) is 9.23. The Bertz CT molecular complexity index is 313. The summed E-state index contributed by atoms with van der Waals surface area (Å²) in [4.78, 5) is 13.8. The molecule has 0 aromatic heterocycles. The number of nitrogens with zero attached hydrogens (tertiary/aromatic N) is 1. The van der Waals surface area contributed by atoms with Gasteiger partial charge in [-0.25, -0.2) is 4.79 Å². The molecule has 0 spiro atoms. The van der Waals surface area contributed by atoms with E-state index in [4.69, 9.17) is 10.5 Å². The Morgan fingerprint density at radius 1 is 1.45 bits per heavy atom. The van der Waals surface area contributed by atoms with E-state index < -0.39 is 5.60 Å². The zero-order chi connectivity index (χ0) is 15.3. The fraction of sp³-hybridized carbons (Fsp3) is 0.933. The number of amides is 1. The molecule has 1 aliphatic heterocycles. The first-order valence-electron chi connectivity index (χ1n) is 7.64. The quantitative estimate of drug-likeness (QED) is 0.808. The zero-order valence-corrected chi connectivity index (χ0v) is 13.6. The predicted molar refractivity (Wildman–Crippen MR) is 81.6 cm³/mol. The zero-order valence-electron chi connectivity index (χ0n) is 13.6. The lowest BCUT2D eigenvalue weighted by Crippen LogP contribution is -2.41. The first-order valence-corrected chi connectivity index (χ1v) is 7.64. The molecule has 1 saturated heterocycles. The molecule has 1 heterocycles. The van der Waals surface area contributed by atoms with Crippen LogP contribution in [0.2, 0.25) is 0 Å². The monoisotopic (exact) mass is 285 g/mol. The third-order valence-electron chi connectivity index (χ3n) is 3.75. The van der Waals surface area contributed by atoms with Crippen molar-refractivity contribution in [2.75, 3.05) is 26.2 Å². The minimum absolute atomic E-state index is 0.207. The minimum atomic E-state index is -0.426. The molecule has 1 fully saturated rings. The van der Waals surface area contributed by atoms with E-state index >= 15 is 0 Å². The van der Waals surface area contributed by atoms with Crippen molar-refractivity contribution < 1.29 is 9.53 Å². The third kappa shape index (κ3) is 5.67. The summed E-state index contributed by atoms with van der Waals surface area (Å²) in [6.07, 6.45) is 0.773. The minimum Gasteiger partial charge on any atom is -0.444 e. The second kappa shape index (κ2) is 7.27. The molecule has 0 aromatic carbocycles. The Morgan fingerprint density at radius 3 is 2.60 bits per heavy atom. The van der Waals surface area contributed by atoms with Crippen molar-refractivity contribution in [1.82, 2.24) is 10.2 Å². The van der Waals surface area contributed by atoms with Crippen LogP contribution in [0.25, 0.3) is 0 Å². The van der Waals surface area contributed by atoms with Crippen LogP contribution >= 0.6 is 0 Å². The molecule has 5 heteroatoms. The van der Waals surface area contributed by atoms with Gasteiger partial charge >= 0.3 is 6.09 Å². The molecule has 0 radical (unpaired) electrons. The van der Waals surface area contributed by atoms with Crippen LogP contribution in [0.5, 0.6) is 0 Å². The maximum atomic E-state index is 12.0. The molecule has 0 bridgehead atoms. The summed E-state index contributed by atoms with van der Waals surface area (Å²) in [5.41, 5.74) is 5.35. The molecule has 0 aliphatic carbocycles. The van der Waals surface area contributed by atoms with Gasteiger partial charge in [-0.2, -0.15) is 0 Å². The molecule has 1 rings (SSSR count). The highest BCUT2D eigenvalue weighted by atomic mass is 16.6. The maximum Gasteiger partial charge on any atom is 0.410 e. The molecule has 3 N–H and O–H groups in total. The van der Waals surface area contributed by atoms with E-state index in [0.29, 0.717) is 24.4 Å². The van der Waals surface area contributed by atoms with Crippen LogP contribution in [0, 0.1) is 11.8 Å². The first kappa shape index (κ1) is 17.2. The normalized spacial score (nSPS) is 21.4. The highest BCUT2D eigenvalue weighted by molar-refractivity contribution is 5.68. The average molecular weight is 285 g/mol. The standard InChI is InChI=1S/C15H31N3O2/c1-11(2)12(8-16)9-17-13-6-7-18(10-13)14(19)20-15(3,4)5/h11-13,17H,6-10,16H2,1-5H3. The number of nitrogens with one attached hydrogen (secondary N) is 1. The molecular formula is C15H31N3O2. The maximum absolute atomic E-state index is 12.0. The van der Waals surface area contributed by atoms with Crippen LogP contribution in [-0.4, -0.2) is 48.8 Å². The van der Waals surface area contributed by atoms with Gasteiger partial charge in [-0.1, -0.05) is 13.8 Å². The fourth-order valence-corrected chi connectivity index (χ4v) is 2.33. The summed E-state index contributed by atoms with van der Waals surface area (Å²) in [5, 5.41) is 3.53. The van der Waals surface area contributed by atoms with Crippen molar-refractivity contribution in [3.05, 3.63) is 0 Å². The predicted octanol–water partition coefficient (Wildman–Crippen LogP) is 1.82. The number of hydrogen-bond donors (Lipinski definition) is 2. The van der Waals surface area contributed by atoms with Gasteiger partial charge in [0.15, 0.2) is 0 Å². The molecule has 1 aliphatic rings. The van der Waals surface area contributed by atoms with Gasteiger partial charge in [0, 0.05) is 19.1 Å². The number of carbonyl (C=O) groups is 1. The molecule has 20 heavy (non-hydrogen) atoms. The molecule has 0 saturated carbocycles. The third-order valence-corrected chi connectivity index (χ3v) is 3.75. The van der Waals surface area contributed by atoms with Crippen molar-refractivity contribution in [3.8, 4) is 0 Å². The van der Waals surface area contributed by atoms with Crippen molar-refractivity contribution >= 4 is 6.09 Å². The van der Waals surface area contributed by atoms with Crippen LogP contribution in [0.1, 0.15) is 41.0 Å².